The van der Waals surface area contributed by atoms with Crippen LogP contribution in [-0.2, 0) is 14.3 Å². The Morgan fingerprint density at radius 3 is 2.35 bits per heavy atom. The number of piperidine rings is 2. The van der Waals surface area contributed by atoms with E-state index in [9.17, 15) is 9.59 Å². The molecular formula is C16H29ClN2O4. The molecular weight excluding hydrogens is 320 g/mol. The number of carboxylic acid groups (broad SMARTS) is 1. The molecule has 2 aliphatic rings. The zero-order chi connectivity index (χ0) is 15.8. The predicted octanol–water partition coefficient (Wildman–Crippen LogP) is 1.67. The Morgan fingerprint density at radius 1 is 1.09 bits per heavy atom. The maximum Gasteiger partial charge on any atom is 0.303 e. The third kappa shape index (κ3) is 7.50. The highest BCUT2D eigenvalue weighted by Crippen LogP contribution is 2.18. The van der Waals surface area contributed by atoms with Crippen LogP contribution in [0.5, 0.6) is 0 Å². The number of nitrogens with zero attached hydrogens (tertiary/aromatic N) is 1. The third-order valence-corrected chi connectivity index (χ3v) is 4.60. The number of amides is 1. The molecule has 0 aromatic rings. The van der Waals surface area contributed by atoms with E-state index in [0.29, 0.717) is 18.8 Å². The van der Waals surface area contributed by atoms with Gasteiger partial charge in [-0.25, -0.2) is 0 Å². The van der Waals surface area contributed by atoms with Crippen LogP contribution < -0.4 is 5.32 Å². The summed E-state index contributed by atoms with van der Waals surface area (Å²) >= 11 is 0. The number of carbonyl (C=O) groups excluding carboxylic acids is 1. The lowest BCUT2D eigenvalue weighted by molar-refractivity contribution is -0.137. The van der Waals surface area contributed by atoms with E-state index in [1.165, 1.54) is 12.8 Å². The summed E-state index contributed by atoms with van der Waals surface area (Å²) in [7, 11) is 0. The molecule has 2 fully saturated rings. The van der Waals surface area contributed by atoms with Crippen molar-refractivity contribution in [3.05, 3.63) is 0 Å². The lowest BCUT2D eigenvalue weighted by Gasteiger charge is -2.33. The van der Waals surface area contributed by atoms with E-state index in [1.807, 2.05) is 4.90 Å². The lowest BCUT2D eigenvalue weighted by Crippen LogP contribution is -2.41. The van der Waals surface area contributed by atoms with Gasteiger partial charge in [0.25, 0.3) is 0 Å². The Morgan fingerprint density at radius 2 is 1.74 bits per heavy atom. The summed E-state index contributed by atoms with van der Waals surface area (Å²) in [6.45, 7) is 4.51. The van der Waals surface area contributed by atoms with Gasteiger partial charge in [-0.1, -0.05) is 0 Å². The Balaban J connectivity index is 0.00000264. The van der Waals surface area contributed by atoms with Crippen molar-refractivity contribution in [3.63, 3.8) is 0 Å². The minimum Gasteiger partial charge on any atom is -0.481 e. The Labute approximate surface area is 144 Å². The number of aliphatic carboxylic acids is 1. The summed E-state index contributed by atoms with van der Waals surface area (Å²) in [6, 6.07) is 0. The summed E-state index contributed by atoms with van der Waals surface area (Å²) in [4.78, 5) is 24.3. The molecule has 2 aliphatic heterocycles. The fraction of sp³-hybridized carbons (Fsp3) is 0.875. The smallest absolute Gasteiger partial charge is 0.303 e. The number of likely N-dealkylation sites (tertiary alicyclic amines) is 1. The van der Waals surface area contributed by atoms with E-state index in [0.717, 1.165) is 45.6 Å². The van der Waals surface area contributed by atoms with E-state index in [-0.39, 0.29) is 30.8 Å². The van der Waals surface area contributed by atoms with Crippen molar-refractivity contribution < 1.29 is 19.4 Å². The normalized spacial score (nSPS) is 20.1. The molecule has 1 amide bonds. The molecule has 0 aromatic carbocycles. The molecule has 6 nitrogen and oxygen atoms in total. The van der Waals surface area contributed by atoms with Gasteiger partial charge in [0, 0.05) is 32.5 Å². The SMILES string of the molecule is Cl.O=C(O)CCCC(=O)N1CCC(OCC2CCNCC2)CC1. The Hall–Kier alpha value is -0.850. The van der Waals surface area contributed by atoms with Gasteiger partial charge >= 0.3 is 5.97 Å². The van der Waals surface area contributed by atoms with Crippen LogP contribution in [0.15, 0.2) is 0 Å². The van der Waals surface area contributed by atoms with Crippen molar-refractivity contribution in [3.8, 4) is 0 Å². The van der Waals surface area contributed by atoms with Crippen molar-refractivity contribution in [2.24, 2.45) is 5.92 Å². The van der Waals surface area contributed by atoms with Crippen molar-refractivity contribution >= 4 is 24.3 Å². The van der Waals surface area contributed by atoms with Crippen molar-refractivity contribution in [2.75, 3.05) is 32.8 Å². The highest BCUT2D eigenvalue weighted by molar-refractivity contribution is 5.85. The monoisotopic (exact) mass is 348 g/mol. The van der Waals surface area contributed by atoms with Gasteiger partial charge in [0.05, 0.1) is 6.10 Å². The summed E-state index contributed by atoms with van der Waals surface area (Å²) in [5, 5.41) is 12.0. The van der Waals surface area contributed by atoms with Crippen LogP contribution >= 0.6 is 12.4 Å². The average Bonchev–Trinajstić information content (AvgIpc) is 2.54. The molecule has 2 N–H and O–H groups in total. The standard InChI is InChI=1S/C16H28N2O4.ClH/c19-15(2-1-3-16(20)21)18-10-6-14(7-11-18)22-12-13-4-8-17-9-5-13;/h13-14,17H,1-12H2,(H,20,21);1H. The van der Waals surface area contributed by atoms with Gasteiger partial charge in [-0.05, 0) is 51.1 Å². The second kappa shape index (κ2) is 10.8. The molecule has 0 saturated carbocycles. The van der Waals surface area contributed by atoms with Gasteiger partial charge in [0.15, 0.2) is 0 Å². The van der Waals surface area contributed by atoms with Crippen LogP contribution in [0.1, 0.15) is 44.9 Å². The van der Waals surface area contributed by atoms with Gasteiger partial charge in [-0.15, -0.1) is 12.4 Å². The number of hydrogen-bond acceptors (Lipinski definition) is 4. The van der Waals surface area contributed by atoms with Crippen molar-refractivity contribution in [1.82, 2.24) is 10.2 Å². The van der Waals surface area contributed by atoms with Gasteiger partial charge in [-0.3, -0.25) is 9.59 Å². The maximum atomic E-state index is 12.0. The molecule has 0 bridgehead atoms. The quantitative estimate of drug-likeness (QED) is 0.731. The van der Waals surface area contributed by atoms with E-state index in [1.54, 1.807) is 0 Å². The zero-order valence-corrected chi connectivity index (χ0v) is 14.5. The second-order valence-electron chi connectivity index (χ2n) is 6.35. The van der Waals surface area contributed by atoms with Crippen LogP contribution in [0.2, 0.25) is 0 Å². The summed E-state index contributed by atoms with van der Waals surface area (Å²) in [6.07, 6.45) is 5.31. The highest BCUT2D eigenvalue weighted by atomic mass is 35.5. The van der Waals surface area contributed by atoms with Crippen LogP contribution in [0.4, 0.5) is 0 Å². The molecule has 2 saturated heterocycles. The number of hydrogen-bond donors (Lipinski definition) is 2. The van der Waals surface area contributed by atoms with E-state index < -0.39 is 5.97 Å². The van der Waals surface area contributed by atoms with E-state index >= 15 is 0 Å². The molecule has 0 unspecified atom stereocenters. The van der Waals surface area contributed by atoms with Crippen LogP contribution in [0, 0.1) is 5.92 Å². The first-order valence-corrected chi connectivity index (χ1v) is 8.47. The zero-order valence-electron chi connectivity index (χ0n) is 13.7. The molecule has 2 rings (SSSR count). The minimum absolute atomic E-state index is 0. The maximum absolute atomic E-state index is 12.0. The molecule has 23 heavy (non-hydrogen) atoms. The topological polar surface area (TPSA) is 78.9 Å². The number of nitrogens with one attached hydrogen (secondary N) is 1. The van der Waals surface area contributed by atoms with Crippen molar-refractivity contribution in [2.45, 2.75) is 51.0 Å². The summed E-state index contributed by atoms with van der Waals surface area (Å²) in [5.74, 6) is -0.0761. The van der Waals surface area contributed by atoms with Gasteiger partial charge in [0.1, 0.15) is 0 Å². The number of halogens is 1. The third-order valence-electron chi connectivity index (χ3n) is 4.60. The highest BCUT2D eigenvalue weighted by Gasteiger charge is 2.24. The summed E-state index contributed by atoms with van der Waals surface area (Å²) in [5.41, 5.74) is 0. The average molecular weight is 349 g/mol. The number of carboxylic acids is 1. The number of rotatable bonds is 7. The fourth-order valence-corrected chi connectivity index (χ4v) is 3.14. The second-order valence-corrected chi connectivity index (χ2v) is 6.35. The molecule has 134 valence electrons. The first-order valence-electron chi connectivity index (χ1n) is 8.47. The fourth-order valence-electron chi connectivity index (χ4n) is 3.14. The van der Waals surface area contributed by atoms with Crippen LogP contribution in [0.3, 0.4) is 0 Å². The summed E-state index contributed by atoms with van der Waals surface area (Å²) < 4.78 is 6.02. The Bertz CT molecular complexity index is 367. The first kappa shape index (κ1) is 20.2. The molecule has 2 heterocycles. The van der Waals surface area contributed by atoms with Crippen molar-refractivity contribution in [1.29, 1.82) is 0 Å². The lowest BCUT2D eigenvalue weighted by atomic mass is 9.99. The van der Waals surface area contributed by atoms with Gasteiger partial charge in [0.2, 0.25) is 5.91 Å². The largest absolute Gasteiger partial charge is 0.481 e. The molecule has 0 radical (unpaired) electrons. The predicted molar refractivity (Wildman–Crippen MR) is 89.9 cm³/mol. The van der Waals surface area contributed by atoms with Crippen LogP contribution in [-0.4, -0.2) is 60.8 Å². The van der Waals surface area contributed by atoms with Gasteiger partial charge < -0.3 is 20.1 Å². The van der Waals surface area contributed by atoms with E-state index in [2.05, 4.69) is 5.32 Å². The first-order chi connectivity index (χ1) is 10.6. The molecule has 0 aliphatic carbocycles. The molecule has 0 spiro atoms. The van der Waals surface area contributed by atoms with Crippen LogP contribution in [0.25, 0.3) is 0 Å². The Kier molecular flexibility index (Phi) is 9.52. The van der Waals surface area contributed by atoms with E-state index in [4.69, 9.17) is 9.84 Å². The molecule has 0 atom stereocenters. The number of ether oxygens (including phenoxy) is 1. The molecule has 0 aromatic heterocycles. The van der Waals surface area contributed by atoms with Gasteiger partial charge in [-0.2, -0.15) is 0 Å². The number of carbonyl (C=O) groups is 2. The molecule has 7 heteroatoms. The minimum atomic E-state index is -0.835.